The largest absolute Gasteiger partial charge is 0.393 e. The average Bonchev–Trinajstić information content (AvgIpc) is 3.06. The number of allylic oxidation sites excluding steroid dienone is 2. The predicted octanol–water partition coefficient (Wildman–Crippen LogP) is 7.88. The van der Waals surface area contributed by atoms with Gasteiger partial charge in [0.05, 0.1) is 6.10 Å². The Bertz CT molecular complexity index is 622. The molecule has 3 saturated carbocycles. The van der Waals surface area contributed by atoms with Gasteiger partial charge in [-0.25, -0.2) is 0 Å². The van der Waals surface area contributed by atoms with E-state index in [9.17, 15) is 5.11 Å². The van der Waals surface area contributed by atoms with E-state index in [1.807, 2.05) is 0 Å². The Morgan fingerprint density at radius 2 is 1.60 bits per heavy atom. The van der Waals surface area contributed by atoms with Gasteiger partial charge in [-0.2, -0.15) is 0 Å². The number of fused-ring (bicyclic) bond motifs is 5. The van der Waals surface area contributed by atoms with Crippen molar-refractivity contribution in [3.8, 4) is 0 Å². The number of hydrogen-bond donors (Lipinski definition) is 1. The van der Waals surface area contributed by atoms with Gasteiger partial charge in [-0.05, 0) is 110 Å². The fourth-order valence-corrected chi connectivity index (χ4v) is 9.26. The van der Waals surface area contributed by atoms with Crippen molar-refractivity contribution >= 4 is 0 Å². The van der Waals surface area contributed by atoms with Crippen molar-refractivity contribution in [3.63, 3.8) is 0 Å². The van der Waals surface area contributed by atoms with E-state index in [0.29, 0.717) is 16.7 Å². The maximum absolute atomic E-state index is 10.3. The fraction of sp³-hybridized carbons (Fsp3) is 0.931. The highest BCUT2D eigenvalue weighted by Crippen LogP contribution is 2.67. The summed E-state index contributed by atoms with van der Waals surface area (Å²) >= 11 is 0. The number of aliphatic hydroxyl groups excluding tert-OH is 1. The standard InChI is InChI=1S/C29H50O/c1-7-21(19(2)3)9-8-20(4)25-12-13-26-24-11-10-22-18-23(30)14-16-28(22,5)27(24)15-17-29(25,26)6/h10-11,19-27,30H,7-9,12-18H2,1-6H3/t20-,21-,22-,23-,24-,25+,26-,27-,28-,29+/m0/s1. The second kappa shape index (κ2) is 8.57. The van der Waals surface area contributed by atoms with E-state index >= 15 is 0 Å². The van der Waals surface area contributed by atoms with Crippen molar-refractivity contribution in [1.29, 1.82) is 0 Å². The maximum Gasteiger partial charge on any atom is 0.0546 e. The van der Waals surface area contributed by atoms with Crippen molar-refractivity contribution in [1.82, 2.24) is 0 Å². The topological polar surface area (TPSA) is 20.2 Å². The van der Waals surface area contributed by atoms with Crippen molar-refractivity contribution in [3.05, 3.63) is 12.2 Å². The first-order valence-corrected chi connectivity index (χ1v) is 13.6. The molecule has 0 saturated heterocycles. The summed E-state index contributed by atoms with van der Waals surface area (Å²) in [4.78, 5) is 0. The SMILES string of the molecule is CC[C@@H](CC[C@H](C)[C@H]1CC[C@H]2[C@@H]3C=C[C@H]4C[C@@H](O)CC[C@]4(C)[C@H]3CC[C@]12C)C(C)C. The van der Waals surface area contributed by atoms with E-state index in [1.165, 1.54) is 51.4 Å². The van der Waals surface area contributed by atoms with Crippen molar-refractivity contribution < 1.29 is 5.11 Å². The van der Waals surface area contributed by atoms with E-state index < -0.39 is 0 Å². The van der Waals surface area contributed by atoms with Crippen molar-refractivity contribution in [2.75, 3.05) is 0 Å². The number of rotatable bonds is 6. The van der Waals surface area contributed by atoms with Gasteiger partial charge in [0.15, 0.2) is 0 Å². The fourth-order valence-electron chi connectivity index (χ4n) is 9.26. The molecule has 0 radical (unpaired) electrons. The van der Waals surface area contributed by atoms with Crippen LogP contribution in [0.15, 0.2) is 12.2 Å². The second-order valence-electron chi connectivity index (χ2n) is 12.9. The third kappa shape index (κ3) is 3.74. The Balaban J connectivity index is 1.48. The molecular formula is C29H50O. The first-order valence-electron chi connectivity index (χ1n) is 13.6. The number of aliphatic hydroxyl groups is 1. The molecule has 4 aliphatic rings. The molecule has 10 atom stereocenters. The summed E-state index contributed by atoms with van der Waals surface area (Å²) in [5, 5.41) is 10.3. The van der Waals surface area contributed by atoms with E-state index in [1.54, 1.807) is 0 Å². The van der Waals surface area contributed by atoms with E-state index in [-0.39, 0.29) is 6.10 Å². The number of hydrogen-bond acceptors (Lipinski definition) is 1. The van der Waals surface area contributed by atoms with Crippen LogP contribution >= 0.6 is 0 Å². The molecule has 1 N–H and O–H groups in total. The predicted molar refractivity (Wildman–Crippen MR) is 128 cm³/mol. The van der Waals surface area contributed by atoms with Crippen molar-refractivity contribution in [2.24, 2.45) is 58.2 Å². The van der Waals surface area contributed by atoms with Gasteiger partial charge in [0.25, 0.3) is 0 Å². The van der Waals surface area contributed by atoms with Gasteiger partial charge in [0, 0.05) is 0 Å². The molecule has 0 spiro atoms. The van der Waals surface area contributed by atoms with Crippen LogP contribution in [-0.4, -0.2) is 11.2 Å². The summed E-state index contributed by atoms with van der Waals surface area (Å²) in [6.07, 6.45) is 18.4. The lowest BCUT2D eigenvalue weighted by Gasteiger charge is -2.59. The molecule has 3 fully saturated rings. The van der Waals surface area contributed by atoms with Crippen LogP contribution in [0.5, 0.6) is 0 Å². The maximum atomic E-state index is 10.3. The van der Waals surface area contributed by atoms with E-state index in [2.05, 4.69) is 53.7 Å². The van der Waals surface area contributed by atoms with E-state index in [4.69, 9.17) is 0 Å². The third-order valence-corrected chi connectivity index (χ3v) is 11.4. The summed E-state index contributed by atoms with van der Waals surface area (Å²) in [5.41, 5.74) is 0.997. The lowest BCUT2D eigenvalue weighted by molar-refractivity contribution is -0.0814. The molecule has 0 aliphatic heterocycles. The molecule has 0 heterocycles. The Kier molecular flexibility index (Phi) is 6.53. The molecule has 30 heavy (non-hydrogen) atoms. The highest BCUT2D eigenvalue weighted by Gasteiger charge is 2.59. The van der Waals surface area contributed by atoms with Crippen LogP contribution < -0.4 is 0 Å². The summed E-state index contributed by atoms with van der Waals surface area (Å²) in [6, 6.07) is 0. The highest BCUT2D eigenvalue weighted by atomic mass is 16.3. The molecule has 0 aromatic rings. The van der Waals surface area contributed by atoms with Crippen LogP contribution in [0.3, 0.4) is 0 Å². The highest BCUT2D eigenvalue weighted by molar-refractivity contribution is 5.18. The Hall–Kier alpha value is -0.300. The molecule has 0 aromatic heterocycles. The molecule has 1 nitrogen and oxygen atoms in total. The zero-order valence-corrected chi connectivity index (χ0v) is 20.9. The smallest absolute Gasteiger partial charge is 0.0546 e. The first-order chi connectivity index (χ1) is 14.2. The summed E-state index contributed by atoms with van der Waals surface area (Å²) in [7, 11) is 0. The molecule has 4 rings (SSSR count). The molecule has 1 heteroatoms. The van der Waals surface area contributed by atoms with Gasteiger partial charge in [0.1, 0.15) is 0 Å². The van der Waals surface area contributed by atoms with Crippen LogP contribution in [0, 0.1) is 58.2 Å². The van der Waals surface area contributed by atoms with Gasteiger partial charge in [0.2, 0.25) is 0 Å². The summed E-state index contributed by atoms with van der Waals surface area (Å²) in [6.45, 7) is 15.1. The molecule has 172 valence electrons. The molecule has 0 amide bonds. The monoisotopic (exact) mass is 414 g/mol. The second-order valence-corrected chi connectivity index (χ2v) is 12.9. The Morgan fingerprint density at radius 3 is 2.30 bits per heavy atom. The first kappa shape index (κ1) is 22.9. The molecule has 4 aliphatic carbocycles. The minimum atomic E-state index is -0.0624. The van der Waals surface area contributed by atoms with Gasteiger partial charge < -0.3 is 5.11 Å². The van der Waals surface area contributed by atoms with Crippen LogP contribution in [0.25, 0.3) is 0 Å². The zero-order valence-electron chi connectivity index (χ0n) is 20.9. The van der Waals surface area contributed by atoms with Crippen LogP contribution in [0.1, 0.15) is 106 Å². The third-order valence-electron chi connectivity index (χ3n) is 11.4. The minimum Gasteiger partial charge on any atom is -0.393 e. The molecule has 0 aromatic carbocycles. The van der Waals surface area contributed by atoms with E-state index in [0.717, 1.165) is 54.3 Å². The summed E-state index contributed by atoms with van der Waals surface area (Å²) < 4.78 is 0. The van der Waals surface area contributed by atoms with Crippen LogP contribution in [-0.2, 0) is 0 Å². The Labute approximate surface area is 187 Å². The average molecular weight is 415 g/mol. The van der Waals surface area contributed by atoms with Gasteiger partial charge >= 0.3 is 0 Å². The summed E-state index contributed by atoms with van der Waals surface area (Å²) in [5.74, 6) is 6.73. The normalized spacial score (nSPS) is 47.5. The lowest BCUT2D eigenvalue weighted by Crippen LogP contribution is -2.52. The van der Waals surface area contributed by atoms with Crippen LogP contribution in [0.4, 0.5) is 0 Å². The molecular weight excluding hydrogens is 364 g/mol. The Morgan fingerprint density at radius 1 is 0.900 bits per heavy atom. The van der Waals surface area contributed by atoms with Crippen LogP contribution in [0.2, 0.25) is 0 Å². The van der Waals surface area contributed by atoms with Crippen molar-refractivity contribution in [2.45, 2.75) is 112 Å². The quantitative estimate of drug-likeness (QED) is 0.438. The molecule has 0 unspecified atom stereocenters. The van der Waals surface area contributed by atoms with Gasteiger partial charge in [-0.3, -0.25) is 0 Å². The van der Waals surface area contributed by atoms with Gasteiger partial charge in [-0.15, -0.1) is 0 Å². The molecule has 0 bridgehead atoms. The van der Waals surface area contributed by atoms with Gasteiger partial charge in [-0.1, -0.05) is 66.5 Å². The minimum absolute atomic E-state index is 0.0624. The zero-order chi connectivity index (χ0) is 21.7. The lowest BCUT2D eigenvalue weighted by atomic mass is 9.46.